The molecule has 0 spiro atoms. The number of amides is 1. The van der Waals surface area contributed by atoms with Crippen molar-refractivity contribution < 1.29 is 4.79 Å². The zero-order valence-electron chi connectivity index (χ0n) is 11.3. The molecule has 0 aromatic heterocycles. The van der Waals surface area contributed by atoms with Gasteiger partial charge in [0.05, 0.1) is 10.6 Å². The Morgan fingerprint density at radius 1 is 1.33 bits per heavy atom. The molecule has 0 unspecified atom stereocenters. The van der Waals surface area contributed by atoms with Crippen LogP contribution >= 0.6 is 24.2 Å². The number of benzene rings is 1. The van der Waals surface area contributed by atoms with Gasteiger partial charge in [0, 0.05) is 17.5 Å². The molecule has 18 heavy (non-hydrogen) atoms. The van der Waals surface area contributed by atoms with E-state index in [1.54, 1.807) is 18.2 Å². The molecule has 0 aliphatic carbocycles. The molecule has 0 heterocycles. The SMILES string of the molecule is CC(C)CN(C(=O)c1cc(S)ccc1Cl)C(C)C. The third-order valence-electron chi connectivity index (χ3n) is 2.63. The molecule has 1 rings (SSSR count). The van der Waals surface area contributed by atoms with Gasteiger partial charge in [-0.3, -0.25) is 4.79 Å². The highest BCUT2D eigenvalue weighted by atomic mass is 35.5. The molecule has 1 aromatic carbocycles. The normalized spacial score (nSPS) is 11.1. The lowest BCUT2D eigenvalue weighted by Gasteiger charge is -2.29. The Hall–Kier alpha value is -0.670. The number of carbonyl (C=O) groups is 1. The first-order chi connectivity index (χ1) is 8.32. The lowest BCUT2D eigenvalue weighted by Crippen LogP contribution is -2.39. The van der Waals surface area contributed by atoms with Crippen LogP contribution < -0.4 is 0 Å². The van der Waals surface area contributed by atoms with Gasteiger partial charge in [-0.1, -0.05) is 25.4 Å². The second kappa shape index (κ2) is 6.48. The van der Waals surface area contributed by atoms with Crippen LogP contribution in [0.15, 0.2) is 23.1 Å². The van der Waals surface area contributed by atoms with Crippen molar-refractivity contribution in [1.29, 1.82) is 0 Å². The number of hydrogen-bond donors (Lipinski definition) is 1. The van der Waals surface area contributed by atoms with Gasteiger partial charge in [-0.15, -0.1) is 12.6 Å². The number of nitrogens with zero attached hydrogens (tertiary/aromatic N) is 1. The van der Waals surface area contributed by atoms with Crippen molar-refractivity contribution in [1.82, 2.24) is 4.90 Å². The minimum absolute atomic E-state index is 0.0281. The van der Waals surface area contributed by atoms with E-state index in [9.17, 15) is 4.79 Å². The van der Waals surface area contributed by atoms with Crippen LogP contribution in [0.25, 0.3) is 0 Å². The first kappa shape index (κ1) is 15.4. The molecular formula is C14H20ClNOS. The fourth-order valence-electron chi connectivity index (χ4n) is 1.75. The highest BCUT2D eigenvalue weighted by molar-refractivity contribution is 7.80. The van der Waals surface area contributed by atoms with E-state index in [2.05, 4.69) is 26.5 Å². The van der Waals surface area contributed by atoms with Crippen molar-refractivity contribution in [3.05, 3.63) is 28.8 Å². The van der Waals surface area contributed by atoms with E-state index in [0.29, 0.717) is 16.5 Å². The van der Waals surface area contributed by atoms with Crippen molar-refractivity contribution in [3.8, 4) is 0 Å². The van der Waals surface area contributed by atoms with Crippen LogP contribution in [0.3, 0.4) is 0 Å². The second-order valence-corrected chi connectivity index (χ2v) is 6.03. The molecule has 1 amide bonds. The van der Waals surface area contributed by atoms with E-state index in [1.165, 1.54) is 0 Å². The van der Waals surface area contributed by atoms with E-state index in [-0.39, 0.29) is 11.9 Å². The van der Waals surface area contributed by atoms with Crippen LogP contribution in [0, 0.1) is 5.92 Å². The van der Waals surface area contributed by atoms with Crippen LogP contribution in [0.2, 0.25) is 5.02 Å². The molecule has 2 nitrogen and oxygen atoms in total. The number of rotatable bonds is 4. The molecule has 4 heteroatoms. The zero-order valence-corrected chi connectivity index (χ0v) is 12.9. The minimum atomic E-state index is -0.0281. The first-order valence-electron chi connectivity index (χ1n) is 6.12. The Kier molecular flexibility index (Phi) is 5.54. The van der Waals surface area contributed by atoms with Gasteiger partial charge < -0.3 is 4.90 Å². The fourth-order valence-corrected chi connectivity index (χ4v) is 2.16. The molecule has 0 aliphatic rings. The molecule has 0 fully saturated rings. The topological polar surface area (TPSA) is 20.3 Å². The Balaban J connectivity index is 3.05. The number of hydrogen-bond acceptors (Lipinski definition) is 2. The summed E-state index contributed by atoms with van der Waals surface area (Å²) in [5.74, 6) is 0.397. The lowest BCUT2D eigenvalue weighted by molar-refractivity contribution is 0.0682. The third-order valence-corrected chi connectivity index (χ3v) is 3.23. The lowest BCUT2D eigenvalue weighted by atomic mass is 10.1. The summed E-state index contributed by atoms with van der Waals surface area (Å²) >= 11 is 10.4. The number of carbonyl (C=O) groups excluding carboxylic acids is 1. The largest absolute Gasteiger partial charge is 0.336 e. The third kappa shape index (κ3) is 3.92. The monoisotopic (exact) mass is 285 g/mol. The maximum Gasteiger partial charge on any atom is 0.255 e. The number of halogens is 1. The summed E-state index contributed by atoms with van der Waals surface area (Å²) in [6.07, 6.45) is 0. The summed E-state index contributed by atoms with van der Waals surface area (Å²) in [6.45, 7) is 8.94. The van der Waals surface area contributed by atoms with Gasteiger partial charge in [0.15, 0.2) is 0 Å². The van der Waals surface area contributed by atoms with Crippen LogP contribution in [-0.2, 0) is 0 Å². The van der Waals surface area contributed by atoms with Crippen molar-refractivity contribution in [2.45, 2.75) is 38.6 Å². The summed E-state index contributed by atoms with van der Waals surface area (Å²) in [5.41, 5.74) is 0.526. The Morgan fingerprint density at radius 2 is 1.94 bits per heavy atom. The standard InChI is InChI=1S/C14H20ClNOS/c1-9(2)8-16(10(3)4)14(17)12-7-11(18)5-6-13(12)15/h5-7,9-10,18H,8H2,1-4H3. The minimum Gasteiger partial charge on any atom is -0.336 e. The summed E-state index contributed by atoms with van der Waals surface area (Å²) in [4.78, 5) is 15.1. The van der Waals surface area contributed by atoms with E-state index in [0.717, 1.165) is 11.4 Å². The molecule has 0 saturated carbocycles. The number of thiol groups is 1. The van der Waals surface area contributed by atoms with Gasteiger partial charge in [0.1, 0.15) is 0 Å². The summed E-state index contributed by atoms with van der Waals surface area (Å²) in [5, 5.41) is 0.479. The quantitative estimate of drug-likeness (QED) is 0.825. The van der Waals surface area contributed by atoms with Gasteiger partial charge in [0.25, 0.3) is 5.91 Å². The maximum absolute atomic E-state index is 12.5. The molecular weight excluding hydrogens is 266 g/mol. The van der Waals surface area contributed by atoms with Crippen molar-refractivity contribution in [2.24, 2.45) is 5.92 Å². The molecule has 0 radical (unpaired) electrons. The van der Waals surface area contributed by atoms with Crippen LogP contribution in [-0.4, -0.2) is 23.4 Å². The molecule has 0 atom stereocenters. The van der Waals surface area contributed by atoms with Crippen molar-refractivity contribution in [2.75, 3.05) is 6.54 Å². The average molecular weight is 286 g/mol. The Morgan fingerprint density at radius 3 is 2.44 bits per heavy atom. The van der Waals surface area contributed by atoms with E-state index < -0.39 is 0 Å². The average Bonchev–Trinajstić information content (AvgIpc) is 2.27. The smallest absolute Gasteiger partial charge is 0.255 e. The Labute approximate surface area is 120 Å². The predicted octanol–water partition coefficient (Wildman–Crippen LogP) is 4.14. The molecule has 1 aromatic rings. The van der Waals surface area contributed by atoms with E-state index in [1.807, 2.05) is 18.7 Å². The van der Waals surface area contributed by atoms with Gasteiger partial charge in [0.2, 0.25) is 0 Å². The highest BCUT2D eigenvalue weighted by Gasteiger charge is 2.21. The van der Waals surface area contributed by atoms with Crippen LogP contribution in [0.4, 0.5) is 0 Å². The van der Waals surface area contributed by atoms with Gasteiger partial charge in [-0.05, 0) is 38.0 Å². The van der Waals surface area contributed by atoms with Gasteiger partial charge in [-0.25, -0.2) is 0 Å². The zero-order chi connectivity index (χ0) is 13.9. The summed E-state index contributed by atoms with van der Waals surface area (Å²) in [7, 11) is 0. The fraction of sp³-hybridized carbons (Fsp3) is 0.500. The highest BCUT2D eigenvalue weighted by Crippen LogP contribution is 2.22. The Bertz CT molecular complexity index is 432. The van der Waals surface area contributed by atoms with Crippen molar-refractivity contribution >= 4 is 30.1 Å². The van der Waals surface area contributed by atoms with Gasteiger partial charge in [-0.2, -0.15) is 0 Å². The second-order valence-electron chi connectivity index (χ2n) is 5.11. The first-order valence-corrected chi connectivity index (χ1v) is 6.95. The van der Waals surface area contributed by atoms with E-state index >= 15 is 0 Å². The maximum atomic E-state index is 12.5. The van der Waals surface area contributed by atoms with Crippen LogP contribution in [0.1, 0.15) is 38.1 Å². The predicted molar refractivity (Wildman–Crippen MR) is 79.7 cm³/mol. The van der Waals surface area contributed by atoms with Crippen LogP contribution in [0.5, 0.6) is 0 Å². The molecule has 100 valence electrons. The molecule has 0 bridgehead atoms. The van der Waals surface area contributed by atoms with E-state index in [4.69, 9.17) is 11.6 Å². The molecule has 0 aliphatic heterocycles. The molecule has 0 N–H and O–H groups in total. The molecule has 0 saturated heterocycles. The summed E-state index contributed by atoms with van der Waals surface area (Å²) < 4.78 is 0. The van der Waals surface area contributed by atoms with Crippen molar-refractivity contribution in [3.63, 3.8) is 0 Å². The summed E-state index contributed by atoms with van der Waals surface area (Å²) in [6, 6.07) is 5.37. The van der Waals surface area contributed by atoms with Gasteiger partial charge >= 0.3 is 0 Å².